The lowest BCUT2D eigenvalue weighted by atomic mass is 10.2. The number of rotatable bonds is 0. The molecule has 1 aliphatic carbocycles. The summed E-state index contributed by atoms with van der Waals surface area (Å²) >= 11 is 8.28. The van der Waals surface area contributed by atoms with Gasteiger partial charge in [-0.25, -0.2) is 0 Å². The third-order valence-electron chi connectivity index (χ3n) is 0.948. The summed E-state index contributed by atoms with van der Waals surface area (Å²) in [7, 11) is 0. The zero-order valence-electron chi connectivity index (χ0n) is 4.23. The highest BCUT2D eigenvalue weighted by Gasteiger charge is 1.99. The highest BCUT2D eigenvalue weighted by molar-refractivity contribution is 9.12. The molecule has 0 aliphatic heterocycles. The fourth-order valence-electron chi connectivity index (χ4n) is 0.518. The van der Waals surface area contributed by atoms with Gasteiger partial charge in [0.2, 0.25) is 0 Å². The topological polar surface area (TPSA) is 0 Å². The fourth-order valence-corrected chi connectivity index (χ4v) is 0.997. The Hall–Kier alpha value is 0.0500. The molecule has 0 bridgehead atoms. The van der Waals surface area contributed by atoms with Gasteiger partial charge in [0.25, 0.3) is 0 Å². The van der Waals surface area contributed by atoms with Gasteiger partial charge < -0.3 is 0 Å². The van der Waals surface area contributed by atoms with Crippen LogP contribution in [-0.4, -0.2) is 4.86 Å². The van der Waals surface area contributed by atoms with E-state index in [1.807, 2.05) is 18.2 Å². The average Bonchev–Trinajstić information content (AvgIpc) is 1.77. The molecular formula is C6H5BrS. The first-order valence-electron chi connectivity index (χ1n) is 2.36. The molecule has 8 heavy (non-hydrogen) atoms. The Kier molecular flexibility index (Phi) is 1.97. The number of allylic oxidation sites excluding steroid dienone is 4. The Labute approximate surface area is 62.4 Å². The highest BCUT2D eigenvalue weighted by atomic mass is 79.9. The quantitative estimate of drug-likeness (QED) is 0.528. The molecule has 2 heteroatoms. The summed E-state index contributed by atoms with van der Waals surface area (Å²) < 4.78 is 1.05. The van der Waals surface area contributed by atoms with E-state index in [0.717, 1.165) is 15.8 Å². The smallest absolute Gasteiger partial charge is 0.0331 e. The van der Waals surface area contributed by atoms with Gasteiger partial charge in [-0.2, -0.15) is 0 Å². The second kappa shape index (κ2) is 2.55. The standard InChI is InChI=1S/C6H5BrS/c7-5-3-1-2-4-6(5)8/h1-3H,4H2. The summed E-state index contributed by atoms with van der Waals surface area (Å²) in [5, 5.41) is 0. The van der Waals surface area contributed by atoms with Crippen molar-refractivity contribution in [2.75, 3.05) is 0 Å². The first kappa shape index (κ1) is 6.17. The van der Waals surface area contributed by atoms with Crippen molar-refractivity contribution in [3.8, 4) is 0 Å². The van der Waals surface area contributed by atoms with Crippen LogP contribution in [-0.2, 0) is 0 Å². The molecule has 0 aromatic rings. The molecule has 1 rings (SSSR count). The predicted molar refractivity (Wildman–Crippen MR) is 43.4 cm³/mol. The summed E-state index contributed by atoms with van der Waals surface area (Å²) in [4.78, 5) is 0.993. The summed E-state index contributed by atoms with van der Waals surface area (Å²) in [5.41, 5.74) is 0. The van der Waals surface area contributed by atoms with Crippen LogP contribution in [0.1, 0.15) is 6.42 Å². The van der Waals surface area contributed by atoms with E-state index in [1.54, 1.807) is 0 Å². The van der Waals surface area contributed by atoms with Gasteiger partial charge in [0.05, 0.1) is 0 Å². The zero-order chi connectivity index (χ0) is 5.98. The van der Waals surface area contributed by atoms with E-state index < -0.39 is 0 Å². The monoisotopic (exact) mass is 188 g/mol. The van der Waals surface area contributed by atoms with E-state index in [4.69, 9.17) is 12.2 Å². The van der Waals surface area contributed by atoms with Gasteiger partial charge in [-0.1, -0.05) is 24.4 Å². The lowest BCUT2D eigenvalue weighted by molar-refractivity contribution is 1.50. The SMILES string of the molecule is S=C1CC=CC=C1Br. The Morgan fingerprint density at radius 2 is 2.38 bits per heavy atom. The van der Waals surface area contributed by atoms with Crippen LogP contribution in [0.4, 0.5) is 0 Å². The molecule has 0 aromatic carbocycles. The predicted octanol–water partition coefficient (Wildman–Crippen LogP) is 2.60. The van der Waals surface area contributed by atoms with Crippen LogP contribution >= 0.6 is 28.1 Å². The Balaban J connectivity index is 2.80. The van der Waals surface area contributed by atoms with E-state index in [-0.39, 0.29) is 0 Å². The fraction of sp³-hybridized carbons (Fsp3) is 0.167. The van der Waals surface area contributed by atoms with Crippen molar-refractivity contribution in [3.63, 3.8) is 0 Å². The van der Waals surface area contributed by atoms with E-state index >= 15 is 0 Å². The van der Waals surface area contributed by atoms with Crippen LogP contribution in [0.3, 0.4) is 0 Å². The highest BCUT2D eigenvalue weighted by Crippen LogP contribution is 2.14. The minimum absolute atomic E-state index is 0.909. The van der Waals surface area contributed by atoms with E-state index in [1.165, 1.54) is 0 Å². The van der Waals surface area contributed by atoms with Crippen molar-refractivity contribution < 1.29 is 0 Å². The van der Waals surface area contributed by atoms with Gasteiger partial charge in [-0.3, -0.25) is 0 Å². The zero-order valence-corrected chi connectivity index (χ0v) is 6.63. The number of hydrogen-bond donors (Lipinski definition) is 0. The Bertz CT molecular complexity index is 167. The van der Waals surface area contributed by atoms with Crippen LogP contribution in [0.5, 0.6) is 0 Å². The number of halogens is 1. The Morgan fingerprint density at radius 3 is 2.75 bits per heavy atom. The van der Waals surface area contributed by atoms with Crippen molar-refractivity contribution >= 4 is 33.0 Å². The van der Waals surface area contributed by atoms with Crippen LogP contribution < -0.4 is 0 Å². The van der Waals surface area contributed by atoms with Crippen LogP contribution in [0.25, 0.3) is 0 Å². The first-order chi connectivity index (χ1) is 3.80. The van der Waals surface area contributed by atoms with Gasteiger partial charge in [0.1, 0.15) is 0 Å². The third kappa shape index (κ3) is 1.26. The van der Waals surface area contributed by atoms with Gasteiger partial charge in [-0.15, -0.1) is 0 Å². The summed E-state index contributed by atoms with van der Waals surface area (Å²) in [6.45, 7) is 0. The second-order valence-corrected chi connectivity index (χ2v) is 2.92. The van der Waals surface area contributed by atoms with Crippen LogP contribution in [0, 0.1) is 0 Å². The van der Waals surface area contributed by atoms with Crippen molar-refractivity contribution in [2.24, 2.45) is 0 Å². The van der Waals surface area contributed by atoms with Gasteiger partial charge in [-0.05, 0) is 22.0 Å². The van der Waals surface area contributed by atoms with Gasteiger partial charge >= 0.3 is 0 Å². The van der Waals surface area contributed by atoms with E-state index in [2.05, 4.69) is 15.9 Å². The van der Waals surface area contributed by atoms with Gasteiger partial charge in [0, 0.05) is 15.8 Å². The van der Waals surface area contributed by atoms with Gasteiger partial charge in [0.15, 0.2) is 0 Å². The van der Waals surface area contributed by atoms with Crippen LogP contribution in [0.15, 0.2) is 22.7 Å². The Morgan fingerprint density at radius 1 is 1.62 bits per heavy atom. The maximum absolute atomic E-state index is 4.96. The van der Waals surface area contributed by atoms with Crippen molar-refractivity contribution in [3.05, 3.63) is 22.7 Å². The molecule has 0 aromatic heterocycles. The molecule has 0 heterocycles. The molecule has 0 fully saturated rings. The second-order valence-electron chi connectivity index (χ2n) is 1.57. The first-order valence-corrected chi connectivity index (χ1v) is 3.56. The minimum atomic E-state index is 0.909. The molecule has 0 N–H and O–H groups in total. The molecule has 0 amide bonds. The molecule has 0 unspecified atom stereocenters. The largest absolute Gasteiger partial charge is 0.0834 e. The lowest BCUT2D eigenvalue weighted by Gasteiger charge is -2.00. The summed E-state index contributed by atoms with van der Waals surface area (Å²) in [6, 6.07) is 0. The van der Waals surface area contributed by atoms with Crippen molar-refractivity contribution in [1.82, 2.24) is 0 Å². The molecule has 0 radical (unpaired) electrons. The summed E-state index contributed by atoms with van der Waals surface area (Å²) in [6.07, 6.45) is 6.92. The maximum atomic E-state index is 4.96. The summed E-state index contributed by atoms with van der Waals surface area (Å²) in [5.74, 6) is 0. The molecule has 0 atom stereocenters. The molecular weight excluding hydrogens is 184 g/mol. The lowest BCUT2D eigenvalue weighted by Crippen LogP contribution is -1.93. The normalized spacial score (nSPS) is 18.6. The van der Waals surface area contributed by atoms with E-state index in [9.17, 15) is 0 Å². The minimum Gasteiger partial charge on any atom is -0.0834 e. The molecule has 0 saturated carbocycles. The average molecular weight is 189 g/mol. The van der Waals surface area contributed by atoms with Crippen molar-refractivity contribution in [2.45, 2.75) is 6.42 Å². The molecule has 0 spiro atoms. The molecule has 42 valence electrons. The number of hydrogen-bond acceptors (Lipinski definition) is 1. The molecule has 1 aliphatic rings. The molecule has 0 saturated heterocycles. The van der Waals surface area contributed by atoms with Crippen LogP contribution in [0.2, 0.25) is 0 Å². The number of thiocarbonyl (C=S) groups is 1. The third-order valence-corrected chi connectivity index (χ3v) is 2.34. The van der Waals surface area contributed by atoms with E-state index in [0.29, 0.717) is 0 Å². The molecule has 0 nitrogen and oxygen atoms in total. The van der Waals surface area contributed by atoms with Crippen molar-refractivity contribution in [1.29, 1.82) is 0 Å². The maximum Gasteiger partial charge on any atom is 0.0331 e.